The Balaban J connectivity index is 2.87. The molecule has 1 rings (SSSR count). The molecule has 0 amide bonds. The van der Waals surface area contributed by atoms with Crippen molar-refractivity contribution in [3.05, 3.63) is 23.3 Å². The second-order valence-corrected chi connectivity index (χ2v) is 2.14. The maximum Gasteiger partial charge on any atom is 0.171 e. The van der Waals surface area contributed by atoms with E-state index in [1.54, 1.807) is 13.3 Å². The number of hydrogen-bond donors (Lipinski definition) is 1. The van der Waals surface area contributed by atoms with Crippen molar-refractivity contribution in [2.24, 2.45) is 0 Å². The molecule has 0 unspecified atom stereocenters. The van der Waals surface area contributed by atoms with Gasteiger partial charge in [0.2, 0.25) is 0 Å². The molecule has 0 saturated carbocycles. The van der Waals surface area contributed by atoms with E-state index in [0.717, 1.165) is 17.1 Å². The van der Waals surface area contributed by atoms with Crippen LogP contribution in [0.15, 0.2) is 23.3 Å². The number of methoxy groups -OCH3 is 1. The summed E-state index contributed by atoms with van der Waals surface area (Å²) in [6.45, 7) is 3.81. The van der Waals surface area contributed by atoms with Gasteiger partial charge in [-0.25, -0.2) is 5.48 Å². The third-order valence-electron chi connectivity index (χ3n) is 1.37. The summed E-state index contributed by atoms with van der Waals surface area (Å²) in [5.41, 5.74) is 3.70. The molecule has 1 N–H and O–H groups in total. The fourth-order valence-corrected chi connectivity index (χ4v) is 0.901. The Kier molecular flexibility index (Phi) is 1.85. The largest absolute Gasteiger partial charge is 0.493 e. The first-order valence-corrected chi connectivity index (χ1v) is 3.10. The van der Waals surface area contributed by atoms with Crippen LogP contribution in [0, 0.1) is 0 Å². The van der Waals surface area contributed by atoms with Gasteiger partial charge in [0, 0.05) is 18.7 Å². The van der Waals surface area contributed by atoms with Crippen LogP contribution >= 0.6 is 0 Å². The van der Waals surface area contributed by atoms with Gasteiger partial charge in [-0.05, 0) is 6.92 Å². The molecule has 56 valence electrons. The van der Waals surface area contributed by atoms with Gasteiger partial charge < -0.3 is 9.57 Å². The average Bonchev–Trinajstić information content (AvgIpc) is 1.88. The van der Waals surface area contributed by atoms with Crippen LogP contribution in [0.1, 0.15) is 13.8 Å². The Hall–Kier alpha value is -1.12. The van der Waals surface area contributed by atoms with Crippen LogP contribution in [-0.4, -0.2) is 7.11 Å². The molecule has 0 atom stereocenters. The van der Waals surface area contributed by atoms with Crippen molar-refractivity contribution in [1.29, 1.82) is 0 Å². The summed E-state index contributed by atoms with van der Waals surface area (Å²) in [5, 5.41) is 0. The van der Waals surface area contributed by atoms with Crippen LogP contribution in [0.5, 0.6) is 0 Å². The molecule has 3 nitrogen and oxygen atoms in total. The predicted molar refractivity (Wildman–Crippen MR) is 37.7 cm³/mol. The molecule has 0 bridgehead atoms. The van der Waals surface area contributed by atoms with Crippen molar-refractivity contribution in [1.82, 2.24) is 5.48 Å². The minimum Gasteiger partial charge on any atom is -0.493 e. The summed E-state index contributed by atoms with van der Waals surface area (Å²) in [6.07, 6.45) is 1.76. The second-order valence-electron chi connectivity index (χ2n) is 2.14. The van der Waals surface area contributed by atoms with E-state index in [1.807, 2.05) is 13.8 Å². The van der Waals surface area contributed by atoms with Gasteiger partial charge in [0.05, 0.1) is 7.11 Å². The fourth-order valence-electron chi connectivity index (χ4n) is 0.901. The summed E-state index contributed by atoms with van der Waals surface area (Å²) in [7, 11) is 1.63. The molecule has 0 aliphatic carbocycles. The van der Waals surface area contributed by atoms with Crippen LogP contribution in [0.2, 0.25) is 0 Å². The van der Waals surface area contributed by atoms with Crippen molar-refractivity contribution < 1.29 is 9.57 Å². The molecular formula is C7H11NO2. The quantitative estimate of drug-likeness (QED) is 0.597. The first-order valence-electron chi connectivity index (χ1n) is 3.10. The van der Waals surface area contributed by atoms with Crippen LogP contribution in [0.3, 0.4) is 0 Å². The van der Waals surface area contributed by atoms with Gasteiger partial charge >= 0.3 is 0 Å². The van der Waals surface area contributed by atoms with Crippen molar-refractivity contribution in [2.75, 3.05) is 7.11 Å². The molecule has 1 aliphatic rings. The van der Waals surface area contributed by atoms with E-state index < -0.39 is 0 Å². The molecule has 1 aliphatic heterocycles. The summed E-state index contributed by atoms with van der Waals surface area (Å²) >= 11 is 0. The van der Waals surface area contributed by atoms with E-state index in [1.165, 1.54) is 0 Å². The van der Waals surface area contributed by atoms with Gasteiger partial charge in [-0.3, -0.25) is 0 Å². The van der Waals surface area contributed by atoms with Crippen LogP contribution in [0.4, 0.5) is 0 Å². The van der Waals surface area contributed by atoms with E-state index in [-0.39, 0.29) is 0 Å². The van der Waals surface area contributed by atoms with Crippen molar-refractivity contribution in [3.63, 3.8) is 0 Å². The molecule has 0 radical (unpaired) electrons. The third kappa shape index (κ3) is 1.07. The fraction of sp³-hybridized carbons (Fsp3) is 0.429. The zero-order chi connectivity index (χ0) is 7.56. The summed E-state index contributed by atoms with van der Waals surface area (Å²) in [6, 6.07) is 0. The molecule has 10 heavy (non-hydrogen) atoms. The summed E-state index contributed by atoms with van der Waals surface area (Å²) in [4.78, 5) is 4.98. The van der Waals surface area contributed by atoms with Crippen molar-refractivity contribution in [2.45, 2.75) is 13.8 Å². The van der Waals surface area contributed by atoms with Gasteiger partial charge in [-0.1, -0.05) is 0 Å². The van der Waals surface area contributed by atoms with Gasteiger partial charge in [-0.15, -0.1) is 0 Å². The number of rotatable bonds is 1. The smallest absolute Gasteiger partial charge is 0.171 e. The summed E-state index contributed by atoms with van der Waals surface area (Å²) in [5.74, 6) is 1.57. The highest BCUT2D eigenvalue weighted by molar-refractivity contribution is 5.26. The Labute approximate surface area is 60.3 Å². The zero-order valence-electron chi connectivity index (χ0n) is 6.39. The number of ether oxygens (including phenoxy) is 1. The standard InChI is InChI=1S/C7H11NO2/c1-5-4-8-10-6(2)7(5)9-3/h4,8H,1-3H3. The van der Waals surface area contributed by atoms with E-state index in [9.17, 15) is 0 Å². The van der Waals surface area contributed by atoms with Crippen molar-refractivity contribution >= 4 is 0 Å². The van der Waals surface area contributed by atoms with Gasteiger partial charge in [0.25, 0.3) is 0 Å². The Bertz CT molecular complexity index is 194. The topological polar surface area (TPSA) is 30.5 Å². The van der Waals surface area contributed by atoms with Crippen LogP contribution in [0.25, 0.3) is 0 Å². The van der Waals surface area contributed by atoms with Gasteiger partial charge in [0.15, 0.2) is 11.5 Å². The molecule has 0 aromatic rings. The lowest BCUT2D eigenvalue weighted by Gasteiger charge is -2.16. The van der Waals surface area contributed by atoms with Gasteiger partial charge in [-0.2, -0.15) is 0 Å². The lowest BCUT2D eigenvalue weighted by molar-refractivity contribution is 0.114. The van der Waals surface area contributed by atoms with E-state index in [4.69, 9.17) is 9.57 Å². The average molecular weight is 141 g/mol. The van der Waals surface area contributed by atoms with Gasteiger partial charge in [0.1, 0.15) is 0 Å². The normalized spacial score (nSPS) is 17.3. The molecular weight excluding hydrogens is 130 g/mol. The maximum absolute atomic E-state index is 5.06. The number of hydroxylamine groups is 1. The first kappa shape index (κ1) is 6.99. The molecule has 3 heteroatoms. The molecule has 0 spiro atoms. The highest BCUT2D eigenvalue weighted by Gasteiger charge is 2.10. The summed E-state index contributed by atoms with van der Waals surface area (Å²) < 4.78 is 5.06. The molecule has 0 aromatic heterocycles. The molecule has 1 heterocycles. The van der Waals surface area contributed by atoms with E-state index in [2.05, 4.69) is 5.48 Å². The monoisotopic (exact) mass is 141 g/mol. The molecule has 0 fully saturated rings. The third-order valence-corrected chi connectivity index (χ3v) is 1.37. The molecule has 0 aromatic carbocycles. The minimum absolute atomic E-state index is 0.766. The zero-order valence-corrected chi connectivity index (χ0v) is 6.39. The highest BCUT2D eigenvalue weighted by atomic mass is 16.7. The van der Waals surface area contributed by atoms with Crippen molar-refractivity contribution in [3.8, 4) is 0 Å². The maximum atomic E-state index is 5.06. The van der Waals surface area contributed by atoms with E-state index in [0.29, 0.717) is 0 Å². The van der Waals surface area contributed by atoms with E-state index >= 15 is 0 Å². The number of allylic oxidation sites excluding steroid dienone is 2. The Morgan fingerprint density at radius 3 is 2.60 bits per heavy atom. The Morgan fingerprint density at radius 1 is 1.50 bits per heavy atom. The SMILES string of the molecule is COC1=C(C)ONC=C1C. The minimum atomic E-state index is 0.766. The lowest BCUT2D eigenvalue weighted by atomic mass is 10.2. The highest BCUT2D eigenvalue weighted by Crippen LogP contribution is 2.17. The van der Waals surface area contributed by atoms with Crippen LogP contribution in [-0.2, 0) is 9.57 Å². The van der Waals surface area contributed by atoms with Crippen LogP contribution < -0.4 is 5.48 Å². The predicted octanol–water partition coefficient (Wildman–Crippen LogP) is 1.30. The number of nitrogens with one attached hydrogen (secondary N) is 1. The second kappa shape index (κ2) is 2.64. The lowest BCUT2D eigenvalue weighted by Crippen LogP contribution is -2.14. The molecule has 0 saturated heterocycles. The Morgan fingerprint density at radius 2 is 2.20 bits per heavy atom. The number of hydrogen-bond acceptors (Lipinski definition) is 3. The first-order chi connectivity index (χ1) is 4.75.